The van der Waals surface area contributed by atoms with E-state index in [2.05, 4.69) is 10.3 Å². The molecule has 0 saturated heterocycles. The molecule has 2 aromatic carbocycles. The molecule has 1 N–H and O–H groups in total. The number of anilines is 1. The van der Waals surface area contributed by atoms with E-state index in [1.54, 1.807) is 43.7 Å². The number of hydrogen-bond acceptors (Lipinski definition) is 2. The van der Waals surface area contributed by atoms with Crippen molar-refractivity contribution >= 4 is 23.3 Å². The maximum atomic E-state index is 13.9. The lowest BCUT2D eigenvalue weighted by molar-refractivity contribution is 0.209. The first kappa shape index (κ1) is 17.9. The zero-order chi connectivity index (χ0) is 18.7. The van der Waals surface area contributed by atoms with Crippen molar-refractivity contribution in [2.75, 3.05) is 12.4 Å². The number of amides is 2. The third-order valence-corrected chi connectivity index (χ3v) is 4.36. The highest BCUT2D eigenvalue weighted by Crippen LogP contribution is 2.28. The van der Waals surface area contributed by atoms with Gasteiger partial charge in [-0.15, -0.1) is 0 Å². The molecule has 7 heteroatoms. The van der Waals surface area contributed by atoms with Gasteiger partial charge in [-0.2, -0.15) is 0 Å². The Bertz CT molecular complexity index is 910. The van der Waals surface area contributed by atoms with Gasteiger partial charge in [-0.1, -0.05) is 35.9 Å². The Hall–Kier alpha value is -2.86. The molecule has 5 nitrogen and oxygen atoms in total. The number of hydrogen-bond donors (Lipinski definition) is 1. The number of aromatic nitrogens is 2. The Morgan fingerprint density at radius 2 is 1.92 bits per heavy atom. The summed E-state index contributed by atoms with van der Waals surface area (Å²) in [6, 6.07) is 12.3. The largest absolute Gasteiger partial charge is 0.336 e. The van der Waals surface area contributed by atoms with Crippen LogP contribution in [0.2, 0.25) is 5.02 Å². The zero-order valence-corrected chi connectivity index (χ0v) is 15.1. The minimum atomic E-state index is -0.491. The Balaban J connectivity index is 1.93. The van der Waals surface area contributed by atoms with Gasteiger partial charge in [-0.05, 0) is 29.8 Å². The second kappa shape index (κ2) is 7.58. The van der Waals surface area contributed by atoms with Gasteiger partial charge in [-0.25, -0.2) is 14.2 Å². The Labute approximate surface area is 156 Å². The van der Waals surface area contributed by atoms with Crippen molar-refractivity contribution < 1.29 is 9.18 Å². The monoisotopic (exact) mass is 372 g/mol. The molecule has 0 aliphatic carbocycles. The molecule has 0 fully saturated rings. The number of para-hydroxylation sites is 1. The molecule has 134 valence electrons. The first-order chi connectivity index (χ1) is 12.5. The molecule has 3 aromatic rings. The summed E-state index contributed by atoms with van der Waals surface area (Å²) in [5, 5.41) is 3.20. The van der Waals surface area contributed by atoms with E-state index in [-0.39, 0.29) is 5.69 Å². The van der Waals surface area contributed by atoms with Crippen LogP contribution in [0.5, 0.6) is 0 Å². The molecule has 0 aliphatic rings. The van der Waals surface area contributed by atoms with E-state index in [0.717, 1.165) is 5.56 Å². The second-order valence-electron chi connectivity index (χ2n) is 5.87. The summed E-state index contributed by atoms with van der Waals surface area (Å²) in [5.41, 5.74) is 0.967. The molecule has 0 radical (unpaired) electrons. The minimum absolute atomic E-state index is 0.124. The Kier molecular flexibility index (Phi) is 5.23. The maximum Gasteiger partial charge on any atom is 0.322 e. The van der Waals surface area contributed by atoms with Gasteiger partial charge in [0, 0.05) is 31.5 Å². The van der Waals surface area contributed by atoms with Gasteiger partial charge in [0.25, 0.3) is 0 Å². The van der Waals surface area contributed by atoms with Crippen LogP contribution in [0.15, 0.2) is 60.9 Å². The molecule has 3 rings (SSSR count). The van der Waals surface area contributed by atoms with Gasteiger partial charge in [-0.3, -0.25) is 0 Å². The van der Waals surface area contributed by atoms with E-state index in [9.17, 15) is 9.18 Å². The molecule has 0 saturated carbocycles. The lowest BCUT2D eigenvalue weighted by Gasteiger charge is -2.28. The van der Waals surface area contributed by atoms with Crippen molar-refractivity contribution in [2.45, 2.75) is 6.04 Å². The number of nitrogens with zero attached hydrogens (tertiary/aromatic N) is 3. The highest BCUT2D eigenvalue weighted by Gasteiger charge is 2.27. The molecule has 0 aliphatic heterocycles. The van der Waals surface area contributed by atoms with E-state index >= 15 is 0 Å². The molecular weight excluding hydrogens is 355 g/mol. The van der Waals surface area contributed by atoms with Gasteiger partial charge in [0.05, 0.1) is 5.69 Å². The minimum Gasteiger partial charge on any atom is -0.336 e. The van der Waals surface area contributed by atoms with Gasteiger partial charge in [0.2, 0.25) is 0 Å². The van der Waals surface area contributed by atoms with Gasteiger partial charge in [0.15, 0.2) is 0 Å². The smallest absolute Gasteiger partial charge is 0.322 e. The third kappa shape index (κ3) is 3.70. The molecule has 26 heavy (non-hydrogen) atoms. The number of urea groups is 1. The average Bonchev–Trinajstić information content (AvgIpc) is 3.04. The number of carbonyl (C=O) groups is 1. The fourth-order valence-electron chi connectivity index (χ4n) is 2.71. The van der Waals surface area contributed by atoms with Gasteiger partial charge < -0.3 is 14.8 Å². The summed E-state index contributed by atoms with van der Waals surface area (Å²) in [5.74, 6) is 0.188. The highest BCUT2D eigenvalue weighted by molar-refractivity contribution is 6.30. The van der Waals surface area contributed by atoms with Crippen LogP contribution < -0.4 is 5.32 Å². The number of halogens is 2. The van der Waals surface area contributed by atoms with E-state index < -0.39 is 17.9 Å². The number of imidazole rings is 1. The van der Waals surface area contributed by atoms with Crippen LogP contribution in [0.25, 0.3) is 0 Å². The second-order valence-corrected chi connectivity index (χ2v) is 6.31. The van der Waals surface area contributed by atoms with Crippen LogP contribution >= 0.6 is 11.6 Å². The predicted octanol–water partition coefficient (Wildman–Crippen LogP) is 4.47. The van der Waals surface area contributed by atoms with Gasteiger partial charge in [0.1, 0.15) is 17.7 Å². The number of nitrogens with one attached hydrogen (secondary N) is 1. The summed E-state index contributed by atoms with van der Waals surface area (Å²) in [4.78, 5) is 18.6. The van der Waals surface area contributed by atoms with Crippen LogP contribution in [-0.4, -0.2) is 27.5 Å². The SMILES string of the molecule is CN(C(=O)Nc1ccccc1F)[C@H](c1ccc(Cl)cc1)c1nccn1C. The topological polar surface area (TPSA) is 50.2 Å². The molecule has 0 spiro atoms. The summed E-state index contributed by atoms with van der Waals surface area (Å²) < 4.78 is 15.7. The zero-order valence-electron chi connectivity index (χ0n) is 14.4. The van der Waals surface area contributed by atoms with E-state index in [4.69, 9.17) is 11.6 Å². The van der Waals surface area contributed by atoms with Crippen molar-refractivity contribution in [3.05, 3.63) is 83.2 Å². The third-order valence-electron chi connectivity index (χ3n) is 4.11. The first-order valence-corrected chi connectivity index (χ1v) is 8.36. The summed E-state index contributed by atoms with van der Waals surface area (Å²) in [6.45, 7) is 0. The number of rotatable bonds is 4. The lowest BCUT2D eigenvalue weighted by Crippen LogP contribution is -2.36. The molecule has 1 atom stereocenters. The van der Waals surface area contributed by atoms with Crippen molar-refractivity contribution in [2.24, 2.45) is 7.05 Å². The lowest BCUT2D eigenvalue weighted by atomic mass is 10.1. The van der Waals surface area contributed by atoms with Crippen LogP contribution in [-0.2, 0) is 7.05 Å². The van der Waals surface area contributed by atoms with Crippen LogP contribution in [0.4, 0.5) is 14.9 Å². The maximum absolute atomic E-state index is 13.9. The van der Waals surface area contributed by atoms with Crippen LogP contribution in [0.1, 0.15) is 17.4 Å². The van der Waals surface area contributed by atoms with Crippen molar-refractivity contribution in [1.29, 1.82) is 0 Å². The fourth-order valence-corrected chi connectivity index (χ4v) is 2.84. The fraction of sp³-hybridized carbons (Fsp3) is 0.158. The Morgan fingerprint density at radius 3 is 2.54 bits per heavy atom. The quantitative estimate of drug-likeness (QED) is 0.734. The van der Waals surface area contributed by atoms with Gasteiger partial charge >= 0.3 is 6.03 Å². The summed E-state index contributed by atoms with van der Waals surface area (Å²) in [6.07, 6.45) is 3.47. The van der Waals surface area contributed by atoms with E-state index in [0.29, 0.717) is 10.8 Å². The molecule has 0 bridgehead atoms. The number of benzene rings is 2. The van der Waals surface area contributed by atoms with E-state index in [1.165, 1.54) is 17.0 Å². The standard InChI is InChI=1S/C19H18ClFN4O/c1-24-12-11-22-18(24)17(13-7-9-14(20)10-8-13)25(2)19(26)23-16-6-4-3-5-15(16)21/h3-12,17H,1-2H3,(H,23,26)/t17-/m1/s1. The number of aryl methyl sites for hydroxylation is 1. The average molecular weight is 373 g/mol. The van der Waals surface area contributed by atoms with Crippen molar-refractivity contribution in [1.82, 2.24) is 14.5 Å². The van der Waals surface area contributed by atoms with E-state index in [1.807, 2.05) is 23.7 Å². The molecule has 0 unspecified atom stereocenters. The summed E-state index contributed by atoms with van der Waals surface area (Å²) in [7, 11) is 3.50. The van der Waals surface area contributed by atoms with Crippen molar-refractivity contribution in [3.63, 3.8) is 0 Å². The summed E-state index contributed by atoms with van der Waals surface area (Å²) >= 11 is 5.98. The predicted molar refractivity (Wildman–Crippen MR) is 99.7 cm³/mol. The van der Waals surface area contributed by atoms with Crippen LogP contribution in [0.3, 0.4) is 0 Å². The highest BCUT2D eigenvalue weighted by atomic mass is 35.5. The Morgan fingerprint density at radius 1 is 1.23 bits per heavy atom. The molecule has 2 amide bonds. The number of carbonyl (C=O) groups excluding carboxylic acids is 1. The first-order valence-electron chi connectivity index (χ1n) is 7.98. The normalized spacial score (nSPS) is 11.8. The van der Waals surface area contributed by atoms with Crippen molar-refractivity contribution in [3.8, 4) is 0 Å². The molecule has 1 aromatic heterocycles. The molecular formula is C19H18ClFN4O. The van der Waals surface area contributed by atoms with Crippen LogP contribution in [0, 0.1) is 5.82 Å². The molecule has 1 heterocycles.